The van der Waals surface area contributed by atoms with Gasteiger partial charge in [0.05, 0.1) is 12.3 Å². The first-order valence-corrected chi connectivity index (χ1v) is 10.2. The van der Waals surface area contributed by atoms with E-state index in [4.69, 9.17) is 4.74 Å². The molecule has 1 aliphatic heterocycles. The van der Waals surface area contributed by atoms with E-state index in [2.05, 4.69) is 26.4 Å². The summed E-state index contributed by atoms with van der Waals surface area (Å²) >= 11 is 0. The van der Waals surface area contributed by atoms with Crippen LogP contribution < -0.4 is 21.0 Å². The van der Waals surface area contributed by atoms with Gasteiger partial charge in [0.15, 0.2) is 0 Å². The van der Waals surface area contributed by atoms with Crippen molar-refractivity contribution in [2.24, 2.45) is 5.10 Å². The van der Waals surface area contributed by atoms with Crippen LogP contribution in [0.1, 0.15) is 43.1 Å². The number of hydrazone groups is 1. The Morgan fingerprint density at radius 2 is 1.93 bits per heavy atom. The van der Waals surface area contributed by atoms with Crippen LogP contribution in [0.5, 0.6) is 5.75 Å². The van der Waals surface area contributed by atoms with Gasteiger partial charge < -0.3 is 9.72 Å². The number of hydrazine groups is 1. The molecule has 30 heavy (non-hydrogen) atoms. The number of hydrogen-bond donors (Lipinski definition) is 4. The number of amides is 1. The molecule has 1 amide bonds. The summed E-state index contributed by atoms with van der Waals surface area (Å²) in [6, 6.07) is 15.7. The fourth-order valence-electron chi connectivity index (χ4n) is 3.70. The van der Waals surface area contributed by atoms with Gasteiger partial charge in [0.1, 0.15) is 11.8 Å². The summed E-state index contributed by atoms with van der Waals surface area (Å²) in [5.74, 6) is 0.675. The number of para-hydroxylation sites is 1. The Labute approximate surface area is 175 Å². The molecule has 1 aromatic heterocycles. The SMILES string of the molecule is Cc1[nH]c2ccccc2c1/C=N/NC(=O)C1CC(c2ccc(OC(C)C)cc2)NN1. The van der Waals surface area contributed by atoms with E-state index in [0.717, 1.165) is 33.5 Å². The lowest BCUT2D eigenvalue weighted by Gasteiger charge is -2.13. The first kappa shape index (κ1) is 20.1. The Morgan fingerprint density at radius 3 is 2.70 bits per heavy atom. The van der Waals surface area contributed by atoms with Gasteiger partial charge in [-0.15, -0.1) is 0 Å². The van der Waals surface area contributed by atoms with Crippen LogP contribution in [-0.2, 0) is 4.79 Å². The van der Waals surface area contributed by atoms with Crippen LogP contribution >= 0.6 is 0 Å². The molecule has 2 atom stereocenters. The van der Waals surface area contributed by atoms with Gasteiger partial charge in [-0.1, -0.05) is 30.3 Å². The molecule has 0 saturated carbocycles. The number of rotatable bonds is 6. The highest BCUT2D eigenvalue weighted by Gasteiger charge is 2.30. The minimum atomic E-state index is -0.359. The highest BCUT2D eigenvalue weighted by Crippen LogP contribution is 2.25. The maximum absolute atomic E-state index is 12.5. The monoisotopic (exact) mass is 405 g/mol. The van der Waals surface area contributed by atoms with Crippen LogP contribution in [0, 0.1) is 6.92 Å². The van der Waals surface area contributed by atoms with Crippen LogP contribution in [0.15, 0.2) is 53.6 Å². The molecule has 156 valence electrons. The topological polar surface area (TPSA) is 90.5 Å². The quantitative estimate of drug-likeness (QED) is 0.374. The van der Waals surface area contributed by atoms with E-state index in [0.29, 0.717) is 6.42 Å². The Kier molecular flexibility index (Phi) is 5.83. The van der Waals surface area contributed by atoms with Gasteiger partial charge >= 0.3 is 0 Å². The van der Waals surface area contributed by atoms with Crippen LogP contribution in [0.2, 0.25) is 0 Å². The molecule has 0 aliphatic carbocycles. The smallest absolute Gasteiger partial charge is 0.258 e. The molecule has 3 aromatic rings. The number of aromatic nitrogens is 1. The zero-order chi connectivity index (χ0) is 21.1. The molecule has 4 N–H and O–H groups in total. The van der Waals surface area contributed by atoms with Gasteiger partial charge in [-0.3, -0.25) is 4.79 Å². The second kappa shape index (κ2) is 8.69. The number of aryl methyl sites for hydroxylation is 1. The summed E-state index contributed by atoms with van der Waals surface area (Å²) in [5, 5.41) is 5.26. The Bertz CT molecular complexity index is 1060. The zero-order valence-electron chi connectivity index (χ0n) is 17.4. The second-order valence-corrected chi connectivity index (χ2v) is 7.81. The first-order chi connectivity index (χ1) is 14.5. The molecule has 0 spiro atoms. The lowest BCUT2D eigenvalue weighted by Crippen LogP contribution is -2.41. The third-order valence-corrected chi connectivity index (χ3v) is 5.19. The molecule has 0 bridgehead atoms. The number of nitrogens with one attached hydrogen (secondary N) is 4. The van der Waals surface area contributed by atoms with Gasteiger partial charge in [0.2, 0.25) is 0 Å². The van der Waals surface area contributed by atoms with E-state index in [9.17, 15) is 4.79 Å². The molecule has 7 heteroatoms. The largest absolute Gasteiger partial charge is 0.491 e. The number of benzene rings is 2. The molecular formula is C23H27N5O2. The number of fused-ring (bicyclic) bond motifs is 1. The van der Waals surface area contributed by atoms with Crippen molar-refractivity contribution in [3.63, 3.8) is 0 Å². The van der Waals surface area contributed by atoms with Crippen molar-refractivity contribution in [1.82, 2.24) is 21.3 Å². The van der Waals surface area contributed by atoms with Crippen molar-refractivity contribution < 1.29 is 9.53 Å². The normalized spacial score (nSPS) is 19.1. The van der Waals surface area contributed by atoms with E-state index in [-0.39, 0.29) is 24.1 Å². The minimum Gasteiger partial charge on any atom is -0.491 e. The highest BCUT2D eigenvalue weighted by molar-refractivity contribution is 6.00. The molecule has 1 saturated heterocycles. The molecule has 2 aromatic carbocycles. The van der Waals surface area contributed by atoms with Gasteiger partial charge in [-0.25, -0.2) is 16.3 Å². The van der Waals surface area contributed by atoms with Crippen molar-refractivity contribution >= 4 is 23.0 Å². The predicted molar refractivity (Wildman–Crippen MR) is 118 cm³/mol. The summed E-state index contributed by atoms with van der Waals surface area (Å²) in [5.41, 5.74) is 13.1. The molecule has 1 aliphatic rings. The molecule has 2 unspecified atom stereocenters. The van der Waals surface area contributed by atoms with E-state index in [1.165, 1.54) is 0 Å². The van der Waals surface area contributed by atoms with Crippen LogP contribution in [0.25, 0.3) is 10.9 Å². The summed E-state index contributed by atoms with van der Waals surface area (Å²) in [4.78, 5) is 15.8. The lowest BCUT2D eigenvalue weighted by molar-refractivity contribution is -0.122. The van der Waals surface area contributed by atoms with E-state index >= 15 is 0 Å². The minimum absolute atomic E-state index is 0.0497. The number of carbonyl (C=O) groups is 1. The third-order valence-electron chi connectivity index (χ3n) is 5.19. The number of nitrogens with zero attached hydrogens (tertiary/aromatic N) is 1. The number of ether oxygens (including phenoxy) is 1. The van der Waals surface area contributed by atoms with E-state index < -0.39 is 0 Å². The van der Waals surface area contributed by atoms with Crippen molar-refractivity contribution in [1.29, 1.82) is 0 Å². The van der Waals surface area contributed by atoms with Crippen molar-refractivity contribution in [3.05, 3.63) is 65.4 Å². The fraction of sp³-hybridized carbons (Fsp3) is 0.304. The Hall–Kier alpha value is -3.16. The summed E-state index contributed by atoms with van der Waals surface area (Å²) in [7, 11) is 0. The average Bonchev–Trinajstić information content (AvgIpc) is 3.33. The number of H-pyrrole nitrogens is 1. The third kappa shape index (κ3) is 4.37. The standard InChI is InChI=1S/C23H27N5O2/c1-14(2)30-17-10-8-16(9-11-17)21-12-22(27-26-21)23(29)28-24-13-19-15(3)25-20-7-5-4-6-18(19)20/h4-11,13-14,21-22,25-27H,12H2,1-3H3,(H,28,29)/b24-13+. The predicted octanol–water partition coefficient (Wildman–Crippen LogP) is 3.32. The highest BCUT2D eigenvalue weighted by atomic mass is 16.5. The van der Waals surface area contributed by atoms with Crippen LogP contribution in [0.3, 0.4) is 0 Å². The summed E-state index contributed by atoms with van der Waals surface area (Å²) in [6.45, 7) is 6.00. The second-order valence-electron chi connectivity index (χ2n) is 7.81. The van der Waals surface area contributed by atoms with Gasteiger partial charge in [-0.2, -0.15) is 5.10 Å². The van der Waals surface area contributed by atoms with Gasteiger partial charge in [0, 0.05) is 28.2 Å². The first-order valence-electron chi connectivity index (χ1n) is 10.2. The van der Waals surface area contributed by atoms with E-state index in [1.54, 1.807) is 6.21 Å². The Morgan fingerprint density at radius 1 is 1.17 bits per heavy atom. The summed E-state index contributed by atoms with van der Waals surface area (Å²) in [6.07, 6.45) is 2.47. The maximum atomic E-state index is 12.5. The molecule has 0 radical (unpaired) electrons. The molecule has 7 nitrogen and oxygen atoms in total. The van der Waals surface area contributed by atoms with Crippen LogP contribution in [-0.4, -0.2) is 29.3 Å². The van der Waals surface area contributed by atoms with Crippen molar-refractivity contribution in [2.75, 3.05) is 0 Å². The van der Waals surface area contributed by atoms with Crippen molar-refractivity contribution in [2.45, 2.75) is 45.4 Å². The van der Waals surface area contributed by atoms with E-state index in [1.807, 2.05) is 69.3 Å². The fourth-order valence-corrected chi connectivity index (χ4v) is 3.70. The molecule has 1 fully saturated rings. The zero-order valence-corrected chi connectivity index (χ0v) is 17.4. The van der Waals surface area contributed by atoms with Crippen LogP contribution in [0.4, 0.5) is 0 Å². The Balaban J connectivity index is 1.34. The lowest BCUT2D eigenvalue weighted by atomic mass is 10.0. The number of hydrogen-bond acceptors (Lipinski definition) is 5. The van der Waals surface area contributed by atoms with Gasteiger partial charge in [-0.05, 0) is 51.0 Å². The molecule has 4 rings (SSSR count). The number of carbonyl (C=O) groups excluding carboxylic acids is 1. The summed E-state index contributed by atoms with van der Waals surface area (Å²) < 4.78 is 5.68. The van der Waals surface area contributed by atoms with Gasteiger partial charge in [0.25, 0.3) is 5.91 Å². The molecular weight excluding hydrogens is 378 g/mol. The molecule has 2 heterocycles. The van der Waals surface area contributed by atoms with Crippen molar-refractivity contribution in [3.8, 4) is 5.75 Å². The number of aromatic amines is 1. The maximum Gasteiger partial charge on any atom is 0.258 e. The average molecular weight is 406 g/mol.